The van der Waals surface area contributed by atoms with Gasteiger partial charge in [0.1, 0.15) is 4.32 Å². The fourth-order valence-electron chi connectivity index (χ4n) is 3.61. The second-order valence-corrected chi connectivity index (χ2v) is 10.2. The molecule has 0 spiro atoms. The highest BCUT2D eigenvalue weighted by Crippen LogP contribution is 2.35. The largest absolute Gasteiger partial charge is 0.378 e. The molecular formula is C22H26N4O2S3. The zero-order valence-corrected chi connectivity index (χ0v) is 20.1. The van der Waals surface area contributed by atoms with Gasteiger partial charge in [-0.2, -0.15) is 5.10 Å². The summed E-state index contributed by atoms with van der Waals surface area (Å²) in [7, 11) is 4.04. The van der Waals surface area contributed by atoms with Crippen molar-refractivity contribution in [2.75, 3.05) is 51.1 Å². The summed E-state index contributed by atoms with van der Waals surface area (Å²) in [6.07, 6.45) is 0.714. The van der Waals surface area contributed by atoms with Gasteiger partial charge in [0, 0.05) is 39.3 Å². The molecule has 0 saturated carbocycles. The lowest BCUT2D eigenvalue weighted by molar-refractivity contribution is -0.130. The van der Waals surface area contributed by atoms with E-state index in [4.69, 9.17) is 22.1 Å². The van der Waals surface area contributed by atoms with Crippen molar-refractivity contribution in [1.29, 1.82) is 0 Å². The Morgan fingerprint density at radius 1 is 1.26 bits per heavy atom. The smallest absolute Gasteiger partial charge is 0.253 e. The van der Waals surface area contributed by atoms with Crippen LogP contribution in [-0.4, -0.2) is 72.0 Å². The molecule has 4 rings (SSSR count). The summed E-state index contributed by atoms with van der Waals surface area (Å²) >= 11 is 8.61. The maximum atomic E-state index is 13.2. The van der Waals surface area contributed by atoms with Crippen LogP contribution in [0.4, 0.5) is 5.69 Å². The second kappa shape index (κ2) is 10.1. The summed E-state index contributed by atoms with van der Waals surface area (Å²) in [6, 6.07) is 12.3. The summed E-state index contributed by atoms with van der Waals surface area (Å²) in [6.45, 7) is 2.93. The summed E-state index contributed by atoms with van der Waals surface area (Å²) in [5.41, 5.74) is 3.19. The van der Waals surface area contributed by atoms with Crippen molar-refractivity contribution in [3.8, 4) is 0 Å². The maximum absolute atomic E-state index is 13.2. The van der Waals surface area contributed by atoms with Crippen LogP contribution in [0, 0.1) is 0 Å². The highest BCUT2D eigenvalue weighted by atomic mass is 32.2. The molecule has 0 bridgehead atoms. The molecule has 164 valence electrons. The summed E-state index contributed by atoms with van der Waals surface area (Å²) in [4.78, 5) is 18.5. The van der Waals surface area contributed by atoms with E-state index in [1.165, 1.54) is 11.8 Å². The standard InChI is InChI=1S/C22H26N4O2S3/c1-24(2)17-7-5-16(6-8-17)19-14-18(20-4-3-13-30-20)23-26(19)21(27)15-31-22(29)25-9-11-28-12-10-25/h3-8,13,19H,9-12,14-15H2,1-2H3/t19-/m0/s1. The number of anilines is 1. The molecule has 2 aliphatic rings. The molecule has 1 atom stereocenters. The molecule has 1 aromatic heterocycles. The fourth-order valence-corrected chi connectivity index (χ4v) is 5.44. The number of thiocarbonyl (C=S) groups is 1. The van der Waals surface area contributed by atoms with E-state index in [-0.39, 0.29) is 17.7 Å². The van der Waals surface area contributed by atoms with E-state index in [9.17, 15) is 4.79 Å². The van der Waals surface area contributed by atoms with E-state index in [0.29, 0.717) is 19.6 Å². The fraction of sp³-hybridized carbons (Fsp3) is 0.409. The van der Waals surface area contributed by atoms with E-state index in [1.54, 1.807) is 16.3 Å². The summed E-state index contributed by atoms with van der Waals surface area (Å²) in [5.74, 6) is 0.262. The number of ether oxygens (including phenoxy) is 1. The lowest BCUT2D eigenvalue weighted by Crippen LogP contribution is -2.39. The van der Waals surface area contributed by atoms with Gasteiger partial charge in [0.15, 0.2) is 0 Å². The second-order valence-electron chi connectivity index (χ2n) is 7.62. The predicted octanol–water partition coefficient (Wildman–Crippen LogP) is 3.84. The Labute approximate surface area is 196 Å². The SMILES string of the molecule is CN(C)c1ccc([C@@H]2CC(c3cccs3)=NN2C(=O)CSC(=S)N2CCOCC2)cc1. The molecule has 6 nitrogen and oxygen atoms in total. The molecular weight excluding hydrogens is 448 g/mol. The van der Waals surface area contributed by atoms with Crippen molar-refractivity contribution in [3.63, 3.8) is 0 Å². The molecule has 3 heterocycles. The van der Waals surface area contributed by atoms with Crippen LogP contribution in [0.15, 0.2) is 46.9 Å². The third-order valence-electron chi connectivity index (χ3n) is 5.35. The number of carbonyl (C=O) groups excluding carboxylic acids is 1. The lowest BCUT2D eigenvalue weighted by Gasteiger charge is -2.29. The van der Waals surface area contributed by atoms with Crippen LogP contribution in [0.1, 0.15) is 22.9 Å². The third kappa shape index (κ3) is 5.28. The van der Waals surface area contributed by atoms with E-state index in [1.807, 2.05) is 25.5 Å². The molecule has 0 aliphatic carbocycles. The van der Waals surface area contributed by atoms with Crippen molar-refractivity contribution in [1.82, 2.24) is 9.91 Å². The molecule has 9 heteroatoms. The molecule has 2 aromatic rings. The van der Waals surface area contributed by atoms with Crippen molar-refractivity contribution in [2.24, 2.45) is 5.10 Å². The van der Waals surface area contributed by atoms with Gasteiger partial charge in [-0.1, -0.05) is 42.2 Å². The third-order valence-corrected chi connectivity index (χ3v) is 7.78. The topological polar surface area (TPSA) is 48.4 Å². The number of carbonyl (C=O) groups is 1. The van der Waals surface area contributed by atoms with Gasteiger partial charge >= 0.3 is 0 Å². The van der Waals surface area contributed by atoms with Crippen molar-refractivity contribution in [2.45, 2.75) is 12.5 Å². The molecule has 1 amide bonds. The van der Waals surface area contributed by atoms with Crippen LogP contribution < -0.4 is 4.90 Å². The van der Waals surface area contributed by atoms with Crippen molar-refractivity contribution in [3.05, 3.63) is 52.2 Å². The Balaban J connectivity index is 1.49. The molecule has 1 aromatic carbocycles. The Morgan fingerprint density at radius 3 is 2.65 bits per heavy atom. The number of hydrogen-bond donors (Lipinski definition) is 0. The first-order valence-electron chi connectivity index (χ1n) is 10.2. The van der Waals surface area contributed by atoms with Gasteiger partial charge in [0.2, 0.25) is 0 Å². The van der Waals surface area contributed by atoms with Crippen molar-refractivity contribution < 1.29 is 9.53 Å². The molecule has 1 saturated heterocycles. The number of hydrazone groups is 1. The zero-order valence-electron chi connectivity index (χ0n) is 17.7. The van der Waals surface area contributed by atoms with Crippen LogP contribution in [0.3, 0.4) is 0 Å². The molecule has 2 aliphatic heterocycles. The Kier molecular flexibility index (Phi) is 7.27. The van der Waals surface area contributed by atoms with E-state index in [0.717, 1.165) is 39.2 Å². The van der Waals surface area contributed by atoms with Crippen LogP contribution in [-0.2, 0) is 9.53 Å². The molecule has 0 N–H and O–H groups in total. The highest BCUT2D eigenvalue weighted by molar-refractivity contribution is 8.23. The van der Waals surface area contributed by atoms with Crippen LogP contribution in [0.5, 0.6) is 0 Å². The number of hydrogen-bond acceptors (Lipinski definition) is 7. The average Bonchev–Trinajstić information content (AvgIpc) is 3.48. The first-order valence-corrected chi connectivity index (χ1v) is 12.5. The van der Waals surface area contributed by atoms with Crippen LogP contribution >= 0.6 is 35.3 Å². The molecule has 31 heavy (non-hydrogen) atoms. The summed E-state index contributed by atoms with van der Waals surface area (Å²) < 4.78 is 6.14. The van der Waals surface area contributed by atoms with Gasteiger partial charge in [0.25, 0.3) is 5.91 Å². The maximum Gasteiger partial charge on any atom is 0.253 e. The number of thioether (sulfide) groups is 1. The number of amides is 1. The first-order chi connectivity index (χ1) is 15.0. The summed E-state index contributed by atoms with van der Waals surface area (Å²) in [5, 5.41) is 8.45. The molecule has 0 radical (unpaired) electrons. The normalized spacial score (nSPS) is 18.8. The van der Waals surface area contributed by atoms with Crippen molar-refractivity contribution >= 4 is 56.9 Å². The van der Waals surface area contributed by atoms with Gasteiger partial charge in [-0.05, 0) is 29.1 Å². The number of thiophene rings is 1. The van der Waals surface area contributed by atoms with Gasteiger partial charge in [-0.15, -0.1) is 11.3 Å². The van der Waals surface area contributed by atoms with E-state index in [2.05, 4.69) is 40.1 Å². The minimum Gasteiger partial charge on any atom is -0.378 e. The van der Waals surface area contributed by atoms with Gasteiger partial charge < -0.3 is 14.5 Å². The molecule has 1 fully saturated rings. The quantitative estimate of drug-likeness (QED) is 0.614. The zero-order chi connectivity index (χ0) is 21.8. The Bertz CT molecular complexity index is 938. The Hall–Kier alpha value is -1.94. The van der Waals surface area contributed by atoms with Gasteiger partial charge in [-0.25, -0.2) is 5.01 Å². The Morgan fingerprint density at radius 2 is 2.00 bits per heavy atom. The average molecular weight is 475 g/mol. The monoisotopic (exact) mass is 474 g/mol. The van der Waals surface area contributed by atoms with Gasteiger partial charge in [-0.3, -0.25) is 4.79 Å². The first kappa shape index (κ1) is 22.3. The number of nitrogens with zero attached hydrogens (tertiary/aromatic N) is 4. The lowest BCUT2D eigenvalue weighted by atomic mass is 10.0. The minimum atomic E-state index is -0.0987. The molecule has 0 unspecified atom stereocenters. The highest BCUT2D eigenvalue weighted by Gasteiger charge is 2.33. The number of rotatable bonds is 5. The van der Waals surface area contributed by atoms with Crippen LogP contribution in [0.2, 0.25) is 0 Å². The number of benzene rings is 1. The number of morpholine rings is 1. The van der Waals surface area contributed by atoms with Gasteiger partial charge in [0.05, 0.1) is 35.6 Å². The predicted molar refractivity (Wildman–Crippen MR) is 133 cm³/mol. The van der Waals surface area contributed by atoms with E-state index < -0.39 is 0 Å². The van der Waals surface area contributed by atoms with E-state index >= 15 is 0 Å². The minimum absolute atomic E-state index is 0.0196. The van der Waals surface area contributed by atoms with Crippen LogP contribution in [0.25, 0.3) is 0 Å².